The van der Waals surface area contributed by atoms with Gasteiger partial charge in [0.05, 0.1) is 31.8 Å². The second kappa shape index (κ2) is 7.26. The maximum absolute atomic E-state index is 12.0. The molecule has 1 aromatic heterocycles. The Hall–Kier alpha value is -2.83. The Bertz CT molecular complexity index is 644. The fourth-order valence-corrected chi connectivity index (χ4v) is 1.77. The number of hydrogen-bond acceptors (Lipinski definition) is 5. The lowest BCUT2D eigenvalue weighted by Gasteiger charge is -2.11. The lowest BCUT2D eigenvalue weighted by atomic mass is 10.2. The van der Waals surface area contributed by atoms with Crippen LogP contribution in [0, 0.1) is 6.92 Å². The first-order valence-electron chi connectivity index (χ1n) is 6.80. The summed E-state index contributed by atoms with van der Waals surface area (Å²) in [5.74, 6) is 0.739. The van der Waals surface area contributed by atoms with Crippen LogP contribution in [0.2, 0.25) is 0 Å². The van der Waals surface area contributed by atoms with Crippen molar-refractivity contribution in [1.82, 2.24) is 9.97 Å². The van der Waals surface area contributed by atoms with E-state index in [9.17, 15) is 4.79 Å². The smallest absolute Gasteiger partial charge is 0.323 e. The number of aryl methyl sites for hydroxylation is 1. The van der Waals surface area contributed by atoms with E-state index in [0.29, 0.717) is 18.0 Å². The molecule has 2 amide bonds. The summed E-state index contributed by atoms with van der Waals surface area (Å²) < 4.78 is 10.3. The Morgan fingerprint density at radius 1 is 1.23 bits per heavy atom. The minimum atomic E-state index is -0.374. The number of hydrogen-bond donors (Lipinski definition) is 2. The number of rotatable bonds is 5. The highest BCUT2D eigenvalue weighted by molar-refractivity contribution is 6.00. The van der Waals surface area contributed by atoms with Crippen molar-refractivity contribution < 1.29 is 14.3 Å². The third kappa shape index (κ3) is 4.08. The Morgan fingerprint density at radius 2 is 1.95 bits per heavy atom. The molecule has 2 rings (SSSR count). The fraction of sp³-hybridized carbons (Fsp3) is 0.267. The van der Waals surface area contributed by atoms with E-state index in [1.54, 1.807) is 19.2 Å². The van der Waals surface area contributed by atoms with Gasteiger partial charge in [-0.15, -0.1) is 0 Å². The van der Waals surface area contributed by atoms with Gasteiger partial charge in [0.1, 0.15) is 5.75 Å². The zero-order chi connectivity index (χ0) is 15.9. The first kappa shape index (κ1) is 15.6. The monoisotopic (exact) mass is 302 g/mol. The van der Waals surface area contributed by atoms with Crippen molar-refractivity contribution >= 4 is 17.4 Å². The number of amides is 2. The van der Waals surface area contributed by atoms with Gasteiger partial charge < -0.3 is 20.1 Å². The number of nitrogens with one attached hydrogen (secondary N) is 2. The molecule has 0 bridgehead atoms. The summed E-state index contributed by atoms with van der Waals surface area (Å²) in [7, 11) is 1.60. The Kier molecular flexibility index (Phi) is 5.13. The van der Waals surface area contributed by atoms with Crippen LogP contribution in [0.25, 0.3) is 0 Å². The van der Waals surface area contributed by atoms with Crippen molar-refractivity contribution in [2.75, 3.05) is 24.4 Å². The van der Waals surface area contributed by atoms with E-state index < -0.39 is 0 Å². The van der Waals surface area contributed by atoms with Crippen LogP contribution in [0.4, 0.5) is 16.2 Å². The van der Waals surface area contributed by atoms with Gasteiger partial charge in [-0.3, -0.25) is 0 Å². The van der Waals surface area contributed by atoms with Crippen LogP contribution >= 0.6 is 0 Å². The minimum Gasteiger partial charge on any atom is -0.497 e. The molecule has 22 heavy (non-hydrogen) atoms. The average Bonchev–Trinajstić information content (AvgIpc) is 2.51. The van der Waals surface area contributed by atoms with Crippen molar-refractivity contribution in [3.8, 4) is 11.8 Å². The molecule has 0 atom stereocenters. The molecule has 2 N–H and O–H groups in total. The van der Waals surface area contributed by atoms with E-state index in [4.69, 9.17) is 9.47 Å². The number of urea groups is 1. The molecule has 0 fully saturated rings. The van der Waals surface area contributed by atoms with Crippen LogP contribution in [0.15, 0.2) is 30.6 Å². The predicted molar refractivity (Wildman–Crippen MR) is 83.6 cm³/mol. The second-order valence-corrected chi connectivity index (χ2v) is 4.45. The molecule has 116 valence electrons. The molecule has 0 radical (unpaired) electrons. The number of anilines is 2. The molecule has 0 aliphatic carbocycles. The highest BCUT2D eigenvalue weighted by atomic mass is 16.5. The van der Waals surface area contributed by atoms with Gasteiger partial charge in [-0.25, -0.2) is 14.8 Å². The summed E-state index contributed by atoms with van der Waals surface area (Å²) in [6, 6.07) is 5.31. The van der Waals surface area contributed by atoms with Crippen LogP contribution in [-0.2, 0) is 0 Å². The van der Waals surface area contributed by atoms with E-state index in [-0.39, 0.29) is 12.0 Å². The lowest BCUT2D eigenvalue weighted by molar-refractivity contribution is 0.262. The van der Waals surface area contributed by atoms with Gasteiger partial charge in [0.25, 0.3) is 0 Å². The topological polar surface area (TPSA) is 85.4 Å². The fourth-order valence-electron chi connectivity index (χ4n) is 1.77. The number of carbonyl (C=O) groups excluding carboxylic acids is 1. The summed E-state index contributed by atoms with van der Waals surface area (Å²) in [5.41, 5.74) is 2.08. The number of benzene rings is 1. The van der Waals surface area contributed by atoms with Crippen molar-refractivity contribution in [1.29, 1.82) is 0 Å². The first-order chi connectivity index (χ1) is 10.6. The zero-order valence-corrected chi connectivity index (χ0v) is 12.7. The van der Waals surface area contributed by atoms with Crippen LogP contribution in [-0.4, -0.2) is 29.7 Å². The van der Waals surface area contributed by atoms with E-state index in [2.05, 4.69) is 20.6 Å². The molecule has 0 saturated carbocycles. The Balaban J connectivity index is 1.97. The van der Waals surface area contributed by atoms with Crippen LogP contribution < -0.4 is 20.1 Å². The van der Waals surface area contributed by atoms with Crippen LogP contribution in [0.3, 0.4) is 0 Å². The summed E-state index contributed by atoms with van der Waals surface area (Å²) in [5, 5.41) is 5.41. The average molecular weight is 302 g/mol. The third-order valence-corrected chi connectivity index (χ3v) is 2.84. The molecule has 0 saturated heterocycles. The van der Waals surface area contributed by atoms with Gasteiger partial charge in [0, 0.05) is 5.69 Å². The second-order valence-electron chi connectivity index (χ2n) is 4.45. The van der Waals surface area contributed by atoms with Gasteiger partial charge >= 0.3 is 12.0 Å². The molecule has 1 heterocycles. The molecule has 1 aromatic carbocycles. The molecular weight excluding hydrogens is 284 g/mol. The van der Waals surface area contributed by atoms with Gasteiger partial charge in [-0.2, -0.15) is 0 Å². The molecule has 7 heteroatoms. The van der Waals surface area contributed by atoms with Crippen molar-refractivity contribution in [2.45, 2.75) is 13.8 Å². The lowest BCUT2D eigenvalue weighted by Crippen LogP contribution is -2.20. The normalized spacial score (nSPS) is 9.95. The van der Waals surface area contributed by atoms with Crippen LogP contribution in [0.1, 0.15) is 12.5 Å². The van der Waals surface area contributed by atoms with E-state index in [0.717, 1.165) is 11.3 Å². The molecule has 0 aliphatic rings. The number of ether oxygens (including phenoxy) is 2. The summed E-state index contributed by atoms with van der Waals surface area (Å²) in [6.45, 7) is 4.22. The zero-order valence-electron chi connectivity index (χ0n) is 12.7. The van der Waals surface area contributed by atoms with Crippen molar-refractivity contribution in [2.24, 2.45) is 0 Å². The summed E-state index contributed by atoms with van der Waals surface area (Å²) in [4.78, 5) is 19.9. The maximum Gasteiger partial charge on any atom is 0.323 e. The highest BCUT2D eigenvalue weighted by Gasteiger charge is 2.07. The van der Waals surface area contributed by atoms with Crippen molar-refractivity contribution in [3.63, 3.8) is 0 Å². The molecular formula is C15H18N4O3. The van der Waals surface area contributed by atoms with Crippen LogP contribution in [0.5, 0.6) is 11.8 Å². The Labute approximate surface area is 128 Å². The van der Waals surface area contributed by atoms with Gasteiger partial charge in [0.15, 0.2) is 0 Å². The first-order valence-corrected chi connectivity index (χ1v) is 6.80. The van der Waals surface area contributed by atoms with E-state index in [1.165, 1.54) is 12.4 Å². The minimum absolute atomic E-state index is 0.277. The summed E-state index contributed by atoms with van der Waals surface area (Å²) in [6.07, 6.45) is 2.97. The quantitative estimate of drug-likeness (QED) is 0.887. The number of carbonyl (C=O) groups is 1. The predicted octanol–water partition coefficient (Wildman–Crippen LogP) is 2.84. The summed E-state index contributed by atoms with van der Waals surface area (Å²) >= 11 is 0. The third-order valence-electron chi connectivity index (χ3n) is 2.84. The van der Waals surface area contributed by atoms with Gasteiger partial charge in [-0.05, 0) is 37.6 Å². The van der Waals surface area contributed by atoms with Gasteiger partial charge in [0.2, 0.25) is 0 Å². The van der Waals surface area contributed by atoms with Crippen molar-refractivity contribution in [3.05, 3.63) is 36.2 Å². The van der Waals surface area contributed by atoms with Gasteiger partial charge in [-0.1, -0.05) is 0 Å². The number of methoxy groups -OCH3 is 1. The number of aromatic nitrogens is 2. The molecule has 7 nitrogen and oxygen atoms in total. The maximum atomic E-state index is 12.0. The number of nitrogens with zero attached hydrogens (tertiary/aromatic N) is 2. The molecule has 0 unspecified atom stereocenters. The molecule has 0 aliphatic heterocycles. The molecule has 2 aromatic rings. The van der Waals surface area contributed by atoms with E-state index in [1.807, 2.05) is 19.9 Å². The van der Waals surface area contributed by atoms with E-state index >= 15 is 0 Å². The molecule has 0 spiro atoms. The SMILES string of the molecule is CCOc1ncc(NC(=O)Nc2ccc(OC)cc2C)cn1. The highest BCUT2D eigenvalue weighted by Crippen LogP contribution is 2.21. The largest absolute Gasteiger partial charge is 0.497 e. The standard InChI is InChI=1S/C15H18N4O3/c1-4-22-15-16-8-11(9-17-15)18-14(20)19-13-6-5-12(21-3)7-10(13)2/h5-9H,4H2,1-3H3,(H2,18,19,20). The Morgan fingerprint density at radius 3 is 2.55 bits per heavy atom.